The van der Waals surface area contributed by atoms with Crippen LogP contribution in [0.5, 0.6) is 0 Å². The summed E-state index contributed by atoms with van der Waals surface area (Å²) in [6, 6.07) is 8.37. The van der Waals surface area contributed by atoms with E-state index in [9.17, 15) is 0 Å². The Labute approximate surface area is 83.6 Å². The lowest BCUT2D eigenvalue weighted by molar-refractivity contribution is 0.573. The molecule has 3 nitrogen and oxygen atoms in total. The van der Waals surface area contributed by atoms with Crippen molar-refractivity contribution in [2.24, 2.45) is 0 Å². The molecule has 0 aliphatic rings. The minimum Gasteiger partial charge on any atom is -0.341 e. The topological polar surface area (TPSA) is 40.7 Å². The Balaban J connectivity index is 2.35. The Morgan fingerprint density at radius 1 is 1.43 bits per heavy atom. The second-order valence-electron chi connectivity index (χ2n) is 3.42. The number of aromatic nitrogens is 2. The molecule has 1 atom stereocenters. The molecule has 0 aliphatic carbocycles. The van der Waals surface area contributed by atoms with Gasteiger partial charge in [0.1, 0.15) is 5.82 Å². The monoisotopic (exact) mass is 189 g/mol. The number of H-pyrrole nitrogens is 1. The van der Waals surface area contributed by atoms with Crippen LogP contribution in [-0.4, -0.2) is 16.5 Å². The van der Waals surface area contributed by atoms with E-state index in [1.54, 1.807) is 0 Å². The largest absolute Gasteiger partial charge is 0.341 e. The Hall–Kier alpha value is -1.35. The number of nitrogens with one attached hydrogen (secondary N) is 2. The number of aromatic amines is 1. The van der Waals surface area contributed by atoms with Crippen molar-refractivity contribution in [1.29, 1.82) is 0 Å². The van der Waals surface area contributed by atoms with Crippen molar-refractivity contribution in [2.75, 3.05) is 6.54 Å². The first-order valence-corrected chi connectivity index (χ1v) is 4.99. The molecule has 3 heteroatoms. The van der Waals surface area contributed by atoms with Crippen molar-refractivity contribution < 1.29 is 0 Å². The molecule has 0 amide bonds. The van der Waals surface area contributed by atoms with Crippen molar-refractivity contribution in [2.45, 2.75) is 19.9 Å². The zero-order valence-electron chi connectivity index (χ0n) is 8.54. The summed E-state index contributed by atoms with van der Waals surface area (Å²) in [6.07, 6.45) is 0. The molecule has 0 radical (unpaired) electrons. The van der Waals surface area contributed by atoms with Gasteiger partial charge < -0.3 is 10.3 Å². The molecule has 1 aromatic carbocycles. The van der Waals surface area contributed by atoms with Crippen LogP contribution < -0.4 is 5.32 Å². The van der Waals surface area contributed by atoms with Crippen LogP contribution >= 0.6 is 0 Å². The molecule has 0 unspecified atom stereocenters. The highest BCUT2D eigenvalue weighted by atomic mass is 15.0. The smallest absolute Gasteiger partial charge is 0.124 e. The number of benzene rings is 1. The van der Waals surface area contributed by atoms with Crippen molar-refractivity contribution in [3.05, 3.63) is 30.1 Å². The Kier molecular flexibility index (Phi) is 2.50. The molecule has 74 valence electrons. The molecular weight excluding hydrogens is 174 g/mol. The number of hydrogen-bond donors (Lipinski definition) is 2. The van der Waals surface area contributed by atoms with Crippen LogP contribution in [0.2, 0.25) is 0 Å². The van der Waals surface area contributed by atoms with Gasteiger partial charge in [0.15, 0.2) is 0 Å². The van der Waals surface area contributed by atoms with Gasteiger partial charge >= 0.3 is 0 Å². The number of nitrogens with zero attached hydrogens (tertiary/aromatic N) is 1. The number of hydrogen-bond acceptors (Lipinski definition) is 2. The maximum atomic E-state index is 4.51. The third-order valence-corrected chi connectivity index (χ3v) is 2.33. The first kappa shape index (κ1) is 9.21. The second kappa shape index (κ2) is 3.80. The fourth-order valence-corrected chi connectivity index (χ4v) is 1.58. The standard InChI is InChI=1S/C11H15N3/c1-3-12-8(2)11-13-9-6-4-5-7-10(9)14-11/h4-8,12H,3H2,1-2H3,(H,13,14)/t8-/m0/s1. The van der Waals surface area contributed by atoms with Gasteiger partial charge in [-0.2, -0.15) is 0 Å². The van der Waals surface area contributed by atoms with E-state index in [1.165, 1.54) is 0 Å². The molecule has 0 saturated heterocycles. The lowest BCUT2D eigenvalue weighted by Crippen LogP contribution is -2.18. The van der Waals surface area contributed by atoms with Crippen LogP contribution in [0.1, 0.15) is 25.7 Å². The van der Waals surface area contributed by atoms with Gasteiger partial charge in [0.25, 0.3) is 0 Å². The molecule has 0 spiro atoms. The van der Waals surface area contributed by atoms with Crippen LogP contribution in [0.25, 0.3) is 11.0 Å². The van der Waals surface area contributed by atoms with Gasteiger partial charge in [0.2, 0.25) is 0 Å². The van der Waals surface area contributed by atoms with Crippen LogP contribution in [0.4, 0.5) is 0 Å². The Morgan fingerprint density at radius 2 is 2.21 bits per heavy atom. The fourth-order valence-electron chi connectivity index (χ4n) is 1.58. The van der Waals surface area contributed by atoms with Crippen molar-refractivity contribution in [1.82, 2.24) is 15.3 Å². The summed E-state index contributed by atoms with van der Waals surface area (Å²) >= 11 is 0. The van der Waals surface area contributed by atoms with Gasteiger partial charge in [-0.3, -0.25) is 0 Å². The van der Waals surface area contributed by atoms with Gasteiger partial charge in [-0.25, -0.2) is 4.98 Å². The van der Waals surface area contributed by atoms with Crippen LogP contribution in [-0.2, 0) is 0 Å². The third-order valence-electron chi connectivity index (χ3n) is 2.33. The predicted molar refractivity (Wildman–Crippen MR) is 58.2 cm³/mol. The van der Waals surface area contributed by atoms with Gasteiger partial charge in [-0.15, -0.1) is 0 Å². The van der Waals surface area contributed by atoms with E-state index in [0.717, 1.165) is 23.4 Å². The van der Waals surface area contributed by atoms with E-state index >= 15 is 0 Å². The number of fused-ring (bicyclic) bond motifs is 1. The first-order chi connectivity index (χ1) is 6.81. The zero-order chi connectivity index (χ0) is 9.97. The average molecular weight is 189 g/mol. The van der Waals surface area contributed by atoms with Crippen LogP contribution in [0.15, 0.2) is 24.3 Å². The van der Waals surface area contributed by atoms with E-state index in [4.69, 9.17) is 0 Å². The molecule has 1 heterocycles. The number of imidazole rings is 1. The lowest BCUT2D eigenvalue weighted by Gasteiger charge is -2.07. The molecule has 2 aromatic rings. The zero-order valence-corrected chi connectivity index (χ0v) is 8.54. The molecule has 14 heavy (non-hydrogen) atoms. The quantitative estimate of drug-likeness (QED) is 0.777. The molecular formula is C11H15N3. The number of rotatable bonds is 3. The van der Waals surface area contributed by atoms with Crippen molar-refractivity contribution in [3.8, 4) is 0 Å². The minimum absolute atomic E-state index is 0.285. The van der Waals surface area contributed by atoms with E-state index in [2.05, 4.69) is 29.1 Å². The Bertz CT molecular complexity index is 386. The molecule has 1 aromatic heterocycles. The molecule has 2 rings (SSSR count). The summed E-state index contributed by atoms with van der Waals surface area (Å²) in [7, 11) is 0. The fraction of sp³-hybridized carbons (Fsp3) is 0.364. The summed E-state index contributed by atoms with van der Waals surface area (Å²) in [4.78, 5) is 7.82. The lowest BCUT2D eigenvalue weighted by atomic mass is 10.3. The SMILES string of the molecule is CCN[C@@H](C)c1nc2ccccc2[nH]1. The second-order valence-corrected chi connectivity index (χ2v) is 3.42. The third kappa shape index (κ3) is 1.63. The highest BCUT2D eigenvalue weighted by molar-refractivity contribution is 5.74. The maximum Gasteiger partial charge on any atom is 0.124 e. The van der Waals surface area contributed by atoms with E-state index in [0.29, 0.717) is 0 Å². The maximum absolute atomic E-state index is 4.51. The van der Waals surface area contributed by atoms with Crippen molar-refractivity contribution in [3.63, 3.8) is 0 Å². The summed E-state index contributed by atoms with van der Waals surface area (Å²) in [6.45, 7) is 5.17. The van der Waals surface area contributed by atoms with Gasteiger partial charge in [0, 0.05) is 0 Å². The average Bonchev–Trinajstić information content (AvgIpc) is 2.61. The van der Waals surface area contributed by atoms with Crippen LogP contribution in [0.3, 0.4) is 0 Å². The summed E-state index contributed by atoms with van der Waals surface area (Å²) < 4.78 is 0. The normalized spacial score (nSPS) is 13.3. The summed E-state index contributed by atoms with van der Waals surface area (Å²) in [5.74, 6) is 1.01. The Morgan fingerprint density at radius 3 is 2.93 bits per heavy atom. The van der Waals surface area contributed by atoms with Crippen LogP contribution in [0, 0.1) is 0 Å². The summed E-state index contributed by atoms with van der Waals surface area (Å²) in [5.41, 5.74) is 2.14. The van der Waals surface area contributed by atoms with Gasteiger partial charge in [0.05, 0.1) is 17.1 Å². The predicted octanol–water partition coefficient (Wildman–Crippen LogP) is 2.23. The van der Waals surface area contributed by atoms with E-state index < -0.39 is 0 Å². The molecule has 2 N–H and O–H groups in total. The van der Waals surface area contributed by atoms with E-state index in [1.807, 2.05) is 24.3 Å². The molecule has 0 saturated carbocycles. The highest BCUT2D eigenvalue weighted by Crippen LogP contribution is 2.14. The highest BCUT2D eigenvalue weighted by Gasteiger charge is 2.08. The van der Waals surface area contributed by atoms with Gasteiger partial charge in [-0.05, 0) is 25.6 Å². The van der Waals surface area contributed by atoms with Gasteiger partial charge in [-0.1, -0.05) is 19.1 Å². The summed E-state index contributed by atoms with van der Waals surface area (Å²) in [5, 5.41) is 3.33. The number of para-hydroxylation sites is 2. The minimum atomic E-state index is 0.285. The molecule has 0 aliphatic heterocycles. The first-order valence-electron chi connectivity index (χ1n) is 4.99. The molecule has 0 bridgehead atoms. The van der Waals surface area contributed by atoms with E-state index in [-0.39, 0.29) is 6.04 Å². The van der Waals surface area contributed by atoms with Crippen molar-refractivity contribution >= 4 is 11.0 Å². The molecule has 0 fully saturated rings.